The Kier molecular flexibility index (Phi) is 6.85. The molecule has 4 rings (SSSR count). The lowest BCUT2D eigenvalue weighted by Gasteiger charge is -2.47. The van der Waals surface area contributed by atoms with E-state index in [1.54, 1.807) is 13.8 Å². The van der Waals surface area contributed by atoms with E-state index >= 15 is 0 Å². The highest BCUT2D eigenvalue weighted by atomic mass is 35.5. The van der Waals surface area contributed by atoms with Crippen molar-refractivity contribution in [1.82, 2.24) is 5.32 Å². The zero-order valence-corrected chi connectivity index (χ0v) is 21.6. The number of aliphatic hydroxyl groups is 1. The van der Waals surface area contributed by atoms with Crippen LogP contribution in [0.4, 0.5) is 0 Å². The number of hydrogen-bond acceptors (Lipinski definition) is 3. The number of carbonyl (C=O) groups excluding carboxylic acids is 1. The molecule has 0 bridgehead atoms. The van der Waals surface area contributed by atoms with Gasteiger partial charge in [0.15, 0.2) is 0 Å². The molecule has 1 heterocycles. The minimum Gasteiger partial charge on any atom is -0.512 e. The van der Waals surface area contributed by atoms with Crippen molar-refractivity contribution in [3.63, 3.8) is 0 Å². The Labute approximate surface area is 211 Å². The fourth-order valence-corrected chi connectivity index (χ4v) is 7.02. The number of rotatable bonds is 5. The van der Waals surface area contributed by atoms with Gasteiger partial charge in [-0.15, -0.1) is 0 Å². The van der Waals surface area contributed by atoms with E-state index < -0.39 is 0 Å². The zero-order chi connectivity index (χ0) is 24.8. The summed E-state index contributed by atoms with van der Waals surface area (Å²) in [5, 5.41) is 22.7. The van der Waals surface area contributed by atoms with Crippen LogP contribution < -0.4 is 5.32 Å². The molecule has 4 nitrogen and oxygen atoms in total. The van der Waals surface area contributed by atoms with Gasteiger partial charge < -0.3 is 15.8 Å². The molecule has 2 aliphatic rings. The number of carbonyl (C=O) groups is 1. The zero-order valence-electron chi connectivity index (χ0n) is 20.1. The van der Waals surface area contributed by atoms with Crippen molar-refractivity contribution in [3.8, 4) is 0 Å². The Morgan fingerprint density at radius 2 is 1.85 bits per heavy atom. The molecule has 1 saturated carbocycles. The largest absolute Gasteiger partial charge is 0.512 e. The van der Waals surface area contributed by atoms with E-state index in [4.69, 9.17) is 28.6 Å². The molecule has 1 amide bonds. The van der Waals surface area contributed by atoms with Crippen LogP contribution in [0.5, 0.6) is 0 Å². The Morgan fingerprint density at radius 3 is 2.41 bits per heavy atom. The van der Waals surface area contributed by atoms with Crippen LogP contribution in [0.15, 0.2) is 48.2 Å². The van der Waals surface area contributed by atoms with Gasteiger partial charge in [-0.2, -0.15) is 0 Å². The summed E-state index contributed by atoms with van der Waals surface area (Å²) >= 11 is 13.1. The summed E-state index contributed by atoms with van der Waals surface area (Å²) in [6.07, 6.45) is 2.47. The number of fused-ring (bicyclic) bond motifs is 1. The van der Waals surface area contributed by atoms with Gasteiger partial charge in [-0.1, -0.05) is 54.4 Å². The average molecular weight is 499 g/mol. The van der Waals surface area contributed by atoms with E-state index in [9.17, 15) is 9.90 Å². The van der Waals surface area contributed by atoms with Crippen LogP contribution in [-0.2, 0) is 4.79 Å². The van der Waals surface area contributed by atoms with Gasteiger partial charge in [0.25, 0.3) is 0 Å². The maximum Gasteiger partial charge on any atom is 0.226 e. The van der Waals surface area contributed by atoms with E-state index in [1.807, 2.05) is 30.3 Å². The maximum absolute atomic E-state index is 13.2. The van der Waals surface area contributed by atoms with Crippen LogP contribution in [-0.4, -0.2) is 22.8 Å². The standard InChI is InChI=1S/C28H32Cl2N2O2/c1-5-28-13-12-22(21-11-8-19(14-23(21)30)24(15(2)31)17(4)33)25(18-6-9-20(29)10-7-18)26(28)16(3)32-27(28)34/h6-11,14,16,22,25-26,31,33H,5,12-13H2,1-4H3,(H,32,34)/b24-17+,31-15?/t16-,22+,25+,26+,28-/m1/s1. The summed E-state index contributed by atoms with van der Waals surface area (Å²) in [6.45, 7) is 7.48. The van der Waals surface area contributed by atoms with Crippen molar-refractivity contribution in [3.05, 3.63) is 75.0 Å². The Hall–Kier alpha value is -2.30. The van der Waals surface area contributed by atoms with Crippen molar-refractivity contribution in [2.75, 3.05) is 0 Å². The molecule has 2 aromatic carbocycles. The molecule has 0 aromatic heterocycles. The molecule has 1 aliphatic carbocycles. The van der Waals surface area contributed by atoms with Crippen LogP contribution >= 0.6 is 23.2 Å². The number of amides is 1. The van der Waals surface area contributed by atoms with Crippen LogP contribution in [0.25, 0.3) is 5.57 Å². The van der Waals surface area contributed by atoms with E-state index in [1.165, 1.54) is 5.56 Å². The summed E-state index contributed by atoms with van der Waals surface area (Å²) < 4.78 is 0. The SMILES string of the molecule is CC[C@@]12CC[C@@H](c3ccc(/C(C(C)=N)=C(\C)O)cc3Cl)[C@H](c3ccc(Cl)cc3)[C@@H]1[C@@H](C)NC2=O. The third-order valence-corrected chi connectivity index (χ3v) is 8.60. The first-order valence-corrected chi connectivity index (χ1v) is 12.7. The van der Waals surface area contributed by atoms with Crippen LogP contribution in [0.3, 0.4) is 0 Å². The van der Waals surface area contributed by atoms with Crippen molar-refractivity contribution < 1.29 is 9.90 Å². The highest BCUT2D eigenvalue weighted by molar-refractivity contribution is 6.32. The second kappa shape index (κ2) is 9.39. The van der Waals surface area contributed by atoms with E-state index in [-0.39, 0.29) is 46.6 Å². The first kappa shape index (κ1) is 24.8. The lowest BCUT2D eigenvalue weighted by Crippen LogP contribution is -2.43. The summed E-state index contributed by atoms with van der Waals surface area (Å²) in [6, 6.07) is 13.9. The first-order valence-electron chi connectivity index (χ1n) is 11.9. The number of allylic oxidation sites excluding steroid dienone is 2. The minimum atomic E-state index is -0.381. The lowest BCUT2D eigenvalue weighted by molar-refractivity contribution is -0.131. The molecule has 0 radical (unpaired) electrons. The Bertz CT molecular complexity index is 1150. The molecule has 2 aromatic rings. The third kappa shape index (κ3) is 4.05. The molecule has 5 atom stereocenters. The van der Waals surface area contributed by atoms with Gasteiger partial charge in [0.2, 0.25) is 5.91 Å². The predicted octanol–water partition coefficient (Wildman–Crippen LogP) is 7.51. The maximum atomic E-state index is 13.2. The molecule has 0 unspecified atom stereocenters. The molecule has 2 fully saturated rings. The smallest absolute Gasteiger partial charge is 0.226 e. The number of nitrogens with one attached hydrogen (secondary N) is 2. The van der Waals surface area contributed by atoms with Crippen molar-refractivity contribution in [1.29, 1.82) is 5.41 Å². The van der Waals surface area contributed by atoms with Gasteiger partial charge in [-0.25, -0.2) is 0 Å². The van der Waals surface area contributed by atoms with E-state index in [2.05, 4.69) is 31.3 Å². The molecular weight excluding hydrogens is 467 g/mol. The van der Waals surface area contributed by atoms with Gasteiger partial charge in [0.1, 0.15) is 0 Å². The van der Waals surface area contributed by atoms with E-state index in [0.717, 1.165) is 30.4 Å². The van der Waals surface area contributed by atoms with Gasteiger partial charge in [0, 0.05) is 33.3 Å². The Morgan fingerprint density at radius 1 is 1.18 bits per heavy atom. The fourth-order valence-electron chi connectivity index (χ4n) is 6.57. The lowest BCUT2D eigenvalue weighted by atomic mass is 9.54. The molecule has 6 heteroatoms. The number of benzene rings is 2. The van der Waals surface area contributed by atoms with Crippen molar-refractivity contribution >= 4 is 40.4 Å². The molecule has 180 valence electrons. The molecular formula is C28H32Cl2N2O2. The van der Waals surface area contributed by atoms with Gasteiger partial charge in [-0.3, -0.25) is 4.79 Å². The average Bonchev–Trinajstić information content (AvgIpc) is 3.04. The highest BCUT2D eigenvalue weighted by Crippen LogP contribution is 2.60. The quantitative estimate of drug-likeness (QED) is 0.294. The second-order valence-electron chi connectivity index (χ2n) is 9.84. The van der Waals surface area contributed by atoms with Crippen LogP contribution in [0.1, 0.15) is 75.5 Å². The monoisotopic (exact) mass is 498 g/mol. The summed E-state index contributed by atoms with van der Waals surface area (Å²) in [4.78, 5) is 13.2. The summed E-state index contributed by atoms with van der Waals surface area (Å²) in [5.74, 6) is 0.638. The topological polar surface area (TPSA) is 73.2 Å². The highest BCUT2D eigenvalue weighted by Gasteiger charge is 2.59. The molecule has 3 N–H and O–H groups in total. The molecule has 34 heavy (non-hydrogen) atoms. The fraction of sp³-hybridized carbons (Fsp3) is 0.429. The second-order valence-corrected chi connectivity index (χ2v) is 10.7. The third-order valence-electron chi connectivity index (χ3n) is 8.02. The number of hydrogen-bond donors (Lipinski definition) is 3. The van der Waals surface area contributed by atoms with Gasteiger partial charge in [-0.05, 0) is 86.8 Å². The van der Waals surface area contributed by atoms with E-state index in [0.29, 0.717) is 15.6 Å². The summed E-state index contributed by atoms with van der Waals surface area (Å²) in [5.41, 5.74) is 3.34. The normalized spacial score (nSPS) is 29.3. The van der Waals surface area contributed by atoms with Crippen LogP contribution in [0, 0.1) is 16.7 Å². The Balaban J connectivity index is 1.84. The first-order chi connectivity index (χ1) is 16.1. The predicted molar refractivity (Wildman–Crippen MR) is 140 cm³/mol. The van der Waals surface area contributed by atoms with Crippen LogP contribution in [0.2, 0.25) is 10.0 Å². The van der Waals surface area contributed by atoms with Crippen molar-refractivity contribution in [2.24, 2.45) is 11.3 Å². The minimum absolute atomic E-state index is 0.0566. The van der Waals surface area contributed by atoms with Gasteiger partial charge >= 0.3 is 0 Å². The number of halogens is 2. The summed E-state index contributed by atoms with van der Waals surface area (Å²) in [7, 11) is 0. The molecule has 0 spiro atoms. The molecule has 1 aliphatic heterocycles. The molecule has 1 saturated heterocycles. The van der Waals surface area contributed by atoms with Gasteiger partial charge in [0.05, 0.1) is 11.2 Å². The van der Waals surface area contributed by atoms with Crippen molar-refractivity contribution in [2.45, 2.75) is 64.8 Å². The number of aliphatic hydroxyl groups excluding tert-OH is 1.